The number of aliphatic hydroxyl groups is 1. The molecular formula is C20H32O3. The maximum atomic E-state index is 11.4. The summed E-state index contributed by atoms with van der Waals surface area (Å²) < 4.78 is 4.71. The van der Waals surface area contributed by atoms with Crippen molar-refractivity contribution in [3.8, 4) is 0 Å². The van der Waals surface area contributed by atoms with Crippen molar-refractivity contribution in [2.75, 3.05) is 7.11 Å². The molecule has 0 aromatic heterocycles. The monoisotopic (exact) mass is 320 g/mol. The third kappa shape index (κ3) is 3.09. The van der Waals surface area contributed by atoms with Crippen LogP contribution < -0.4 is 0 Å². The summed E-state index contributed by atoms with van der Waals surface area (Å²) in [6.45, 7) is 2.24. The van der Waals surface area contributed by atoms with Gasteiger partial charge in [-0.15, -0.1) is 0 Å². The average molecular weight is 320 g/mol. The SMILES string of the molecule is COC(=O)/C=C/[C@H]1CC[C@]2(O)C[C@@H](C3CCCCC3)CC[C@]12C. The molecule has 0 spiro atoms. The van der Waals surface area contributed by atoms with E-state index in [1.807, 2.05) is 6.08 Å². The van der Waals surface area contributed by atoms with Crippen LogP contribution in [0.5, 0.6) is 0 Å². The number of rotatable bonds is 3. The van der Waals surface area contributed by atoms with Gasteiger partial charge in [0.25, 0.3) is 0 Å². The normalized spacial score (nSPS) is 41.9. The smallest absolute Gasteiger partial charge is 0.330 e. The number of methoxy groups -OCH3 is 1. The molecule has 3 rings (SSSR count). The van der Waals surface area contributed by atoms with Crippen molar-refractivity contribution in [1.29, 1.82) is 0 Å². The molecule has 0 saturated heterocycles. The zero-order valence-electron chi connectivity index (χ0n) is 14.7. The number of hydrogen-bond acceptors (Lipinski definition) is 3. The van der Waals surface area contributed by atoms with E-state index in [-0.39, 0.29) is 11.4 Å². The number of carbonyl (C=O) groups is 1. The van der Waals surface area contributed by atoms with Crippen LogP contribution >= 0.6 is 0 Å². The second kappa shape index (κ2) is 6.58. The molecule has 0 aromatic carbocycles. The minimum absolute atomic E-state index is 0.0807. The molecular weight excluding hydrogens is 288 g/mol. The van der Waals surface area contributed by atoms with Crippen LogP contribution in [0, 0.1) is 23.2 Å². The van der Waals surface area contributed by atoms with Crippen molar-refractivity contribution in [1.82, 2.24) is 0 Å². The molecule has 0 radical (unpaired) electrons. The maximum absolute atomic E-state index is 11.4. The molecule has 3 heteroatoms. The molecule has 3 aliphatic rings. The molecule has 3 saturated carbocycles. The fourth-order valence-corrected chi connectivity index (χ4v) is 5.70. The van der Waals surface area contributed by atoms with Crippen molar-refractivity contribution in [2.45, 2.75) is 76.7 Å². The minimum atomic E-state index is -0.543. The predicted molar refractivity (Wildman–Crippen MR) is 90.9 cm³/mol. The van der Waals surface area contributed by atoms with Crippen LogP contribution in [0.25, 0.3) is 0 Å². The molecule has 4 atom stereocenters. The summed E-state index contributed by atoms with van der Waals surface area (Å²) in [5, 5.41) is 11.4. The quantitative estimate of drug-likeness (QED) is 0.625. The summed E-state index contributed by atoms with van der Waals surface area (Å²) in [5.41, 5.74) is -0.624. The highest BCUT2D eigenvalue weighted by molar-refractivity contribution is 5.81. The predicted octanol–water partition coefficient (Wildman–Crippen LogP) is 4.24. The van der Waals surface area contributed by atoms with Crippen LogP contribution in [-0.2, 0) is 9.53 Å². The first-order valence-corrected chi connectivity index (χ1v) is 9.47. The first-order chi connectivity index (χ1) is 11.0. The van der Waals surface area contributed by atoms with Gasteiger partial charge in [-0.25, -0.2) is 4.79 Å². The molecule has 3 aliphatic carbocycles. The van der Waals surface area contributed by atoms with Crippen molar-refractivity contribution in [2.24, 2.45) is 23.2 Å². The second-order valence-corrected chi connectivity index (χ2v) is 8.38. The summed E-state index contributed by atoms with van der Waals surface area (Å²) in [7, 11) is 1.41. The summed E-state index contributed by atoms with van der Waals surface area (Å²) in [4.78, 5) is 11.4. The van der Waals surface area contributed by atoms with Crippen LogP contribution in [0.2, 0.25) is 0 Å². The molecule has 23 heavy (non-hydrogen) atoms. The molecule has 0 heterocycles. The van der Waals surface area contributed by atoms with E-state index in [0.717, 1.165) is 31.6 Å². The molecule has 0 aliphatic heterocycles. The molecule has 0 unspecified atom stereocenters. The standard InChI is InChI=1S/C20H32O3/c1-19-12-10-16(15-6-4-3-5-7-15)14-20(19,22)13-11-17(19)8-9-18(21)23-2/h8-9,15-17,22H,3-7,10-14H2,1-2H3/b9-8+/t16-,17-,19+,20-/m0/s1. The van der Waals surface area contributed by atoms with Gasteiger partial charge in [0.05, 0.1) is 12.7 Å². The number of carbonyl (C=O) groups excluding carboxylic acids is 1. The maximum Gasteiger partial charge on any atom is 0.330 e. The molecule has 3 nitrogen and oxygen atoms in total. The van der Waals surface area contributed by atoms with Crippen LogP contribution in [0.15, 0.2) is 12.2 Å². The fraction of sp³-hybridized carbons (Fsp3) is 0.850. The van der Waals surface area contributed by atoms with E-state index in [2.05, 4.69) is 6.92 Å². The second-order valence-electron chi connectivity index (χ2n) is 8.38. The van der Waals surface area contributed by atoms with Crippen molar-refractivity contribution in [3.63, 3.8) is 0 Å². The lowest BCUT2D eigenvalue weighted by Crippen LogP contribution is -2.50. The average Bonchev–Trinajstić information content (AvgIpc) is 2.84. The van der Waals surface area contributed by atoms with E-state index in [1.165, 1.54) is 45.6 Å². The van der Waals surface area contributed by atoms with Gasteiger partial charge >= 0.3 is 5.97 Å². The molecule has 0 bridgehead atoms. The minimum Gasteiger partial charge on any atom is -0.466 e. The van der Waals surface area contributed by atoms with E-state index in [9.17, 15) is 9.90 Å². The van der Waals surface area contributed by atoms with E-state index in [4.69, 9.17) is 4.74 Å². The molecule has 0 amide bonds. The summed E-state index contributed by atoms with van der Waals surface area (Å²) >= 11 is 0. The Bertz CT molecular complexity index is 466. The van der Waals surface area contributed by atoms with Gasteiger partial charge in [0.1, 0.15) is 0 Å². The summed E-state index contributed by atoms with van der Waals surface area (Å²) in [6, 6.07) is 0. The zero-order valence-corrected chi connectivity index (χ0v) is 14.7. The third-order valence-electron chi connectivity index (χ3n) is 7.37. The van der Waals surface area contributed by atoms with Crippen LogP contribution in [-0.4, -0.2) is 23.8 Å². The Labute approximate surface area is 140 Å². The molecule has 130 valence electrons. The van der Waals surface area contributed by atoms with Gasteiger partial charge in [-0.3, -0.25) is 0 Å². The highest BCUT2D eigenvalue weighted by atomic mass is 16.5. The number of allylic oxidation sites excluding steroid dienone is 1. The van der Waals surface area contributed by atoms with Crippen LogP contribution in [0.1, 0.15) is 71.1 Å². The van der Waals surface area contributed by atoms with E-state index < -0.39 is 5.60 Å². The Kier molecular flexibility index (Phi) is 4.87. The lowest BCUT2D eigenvalue weighted by atomic mass is 9.57. The fourth-order valence-electron chi connectivity index (χ4n) is 5.70. The Balaban J connectivity index is 1.70. The molecule has 0 aromatic rings. The Morgan fingerprint density at radius 2 is 1.83 bits per heavy atom. The zero-order chi connectivity index (χ0) is 16.5. The Hall–Kier alpha value is -0.830. The van der Waals surface area contributed by atoms with Gasteiger partial charge in [0, 0.05) is 11.5 Å². The van der Waals surface area contributed by atoms with Gasteiger partial charge in [-0.1, -0.05) is 45.1 Å². The van der Waals surface area contributed by atoms with Crippen molar-refractivity contribution >= 4 is 5.97 Å². The Morgan fingerprint density at radius 1 is 1.09 bits per heavy atom. The highest BCUT2D eigenvalue weighted by Crippen LogP contribution is 2.61. The van der Waals surface area contributed by atoms with Crippen molar-refractivity contribution < 1.29 is 14.6 Å². The Morgan fingerprint density at radius 3 is 2.52 bits per heavy atom. The largest absolute Gasteiger partial charge is 0.466 e. The lowest BCUT2D eigenvalue weighted by Gasteiger charge is -2.51. The van der Waals surface area contributed by atoms with Gasteiger partial charge in [0.2, 0.25) is 0 Å². The van der Waals surface area contributed by atoms with Crippen molar-refractivity contribution in [3.05, 3.63) is 12.2 Å². The summed E-state index contributed by atoms with van der Waals surface area (Å²) in [5.74, 6) is 1.54. The molecule has 1 N–H and O–H groups in total. The third-order valence-corrected chi connectivity index (χ3v) is 7.37. The first kappa shape index (κ1) is 17.0. The molecule has 3 fully saturated rings. The first-order valence-electron chi connectivity index (χ1n) is 9.47. The van der Waals surface area contributed by atoms with Gasteiger partial charge in [-0.05, 0) is 49.9 Å². The van der Waals surface area contributed by atoms with Gasteiger partial charge in [0.15, 0.2) is 0 Å². The number of esters is 1. The van der Waals surface area contributed by atoms with E-state index in [1.54, 1.807) is 6.08 Å². The van der Waals surface area contributed by atoms with Gasteiger partial charge < -0.3 is 9.84 Å². The van der Waals surface area contributed by atoms with Crippen LogP contribution in [0.4, 0.5) is 0 Å². The topological polar surface area (TPSA) is 46.5 Å². The van der Waals surface area contributed by atoms with Crippen LogP contribution in [0.3, 0.4) is 0 Å². The lowest BCUT2D eigenvalue weighted by molar-refractivity contribution is -0.135. The van der Waals surface area contributed by atoms with E-state index in [0.29, 0.717) is 11.8 Å². The number of fused-ring (bicyclic) bond motifs is 1. The highest BCUT2D eigenvalue weighted by Gasteiger charge is 2.58. The summed E-state index contributed by atoms with van der Waals surface area (Å²) in [6.07, 6.45) is 15.6. The number of hydrogen-bond donors (Lipinski definition) is 1. The number of ether oxygens (including phenoxy) is 1. The van der Waals surface area contributed by atoms with Gasteiger partial charge in [-0.2, -0.15) is 0 Å². The van der Waals surface area contributed by atoms with E-state index >= 15 is 0 Å².